The van der Waals surface area contributed by atoms with Crippen molar-refractivity contribution < 1.29 is 0 Å². The first kappa shape index (κ1) is 28.2. The van der Waals surface area contributed by atoms with E-state index in [9.17, 15) is 0 Å². The summed E-state index contributed by atoms with van der Waals surface area (Å²) in [6.07, 6.45) is 17.2. The van der Waals surface area contributed by atoms with Gasteiger partial charge in [0.2, 0.25) is 0 Å². The summed E-state index contributed by atoms with van der Waals surface area (Å²) in [6, 6.07) is 14.4. The molecular weight excluding hydrogens is 528 g/mol. The number of hydrogen-bond acceptors (Lipinski definition) is 0. The Kier molecular flexibility index (Phi) is 6.47. The van der Waals surface area contributed by atoms with Crippen LogP contribution in [0.5, 0.6) is 0 Å². The Morgan fingerprint density at radius 2 is 0.795 bits per heavy atom. The third-order valence-electron chi connectivity index (χ3n) is 13.5. The zero-order valence-electron chi connectivity index (χ0n) is 27.3. The maximum absolute atomic E-state index is 3.43. The fourth-order valence-electron chi connectivity index (χ4n) is 13.2. The molecule has 0 heterocycles. The molecule has 0 saturated heterocycles. The topological polar surface area (TPSA) is 0 Å². The fraction of sp³-hybridized carbons (Fsp3) is 0.545. The van der Waals surface area contributed by atoms with E-state index in [0.29, 0.717) is 21.7 Å². The highest BCUT2D eigenvalue weighted by atomic mass is 14.7. The molecule has 0 radical (unpaired) electrons. The monoisotopic (exact) mass is 574 g/mol. The first-order valence-electron chi connectivity index (χ1n) is 17.4. The molecule has 0 aliphatic heterocycles. The highest BCUT2D eigenvalue weighted by Gasteiger charge is 2.70. The minimum Gasteiger partial charge on any atom is -0.101 e. The molecule has 222 valence electrons. The second kappa shape index (κ2) is 10.1. The summed E-state index contributed by atoms with van der Waals surface area (Å²) < 4.78 is 0. The van der Waals surface area contributed by atoms with Crippen molar-refractivity contribution in [1.82, 2.24) is 0 Å². The van der Waals surface area contributed by atoms with E-state index in [4.69, 9.17) is 0 Å². The predicted octanol–water partition coefficient (Wildman–Crippen LogP) is 9.55. The maximum Gasteiger partial charge on any atom is 0.0404 e. The summed E-state index contributed by atoms with van der Waals surface area (Å²) in [5.41, 5.74) is 9.21. The van der Waals surface area contributed by atoms with Gasteiger partial charge in [-0.05, 0) is 185 Å². The van der Waals surface area contributed by atoms with Crippen LogP contribution in [-0.4, -0.2) is 0 Å². The predicted molar refractivity (Wildman–Crippen MR) is 181 cm³/mol. The Hall–Kier alpha value is -3.32. The van der Waals surface area contributed by atoms with E-state index >= 15 is 0 Å². The Bertz CT molecular complexity index is 1620. The van der Waals surface area contributed by atoms with Crippen LogP contribution in [0.4, 0.5) is 0 Å². The third kappa shape index (κ3) is 4.10. The second-order valence-electron chi connectivity index (χ2n) is 16.1. The van der Waals surface area contributed by atoms with Crippen LogP contribution >= 0.6 is 0 Å². The highest BCUT2D eigenvalue weighted by molar-refractivity contribution is 5.54. The standard InChI is InChI=1S/C44H46/c1-5-9-35-13-15-39(19-37(35)11-7-3)41-21-31-17-32(22-41)26-43(25-31,29-41)44-27-33-18-34(28-44)24-42(23-33,30-44)40-16-14-36(10-6-2)38(20-40)12-8-4/h13-16,19-20,31-34H,17-18,21-30H2,1-4H3. The van der Waals surface area contributed by atoms with Gasteiger partial charge in [-0.25, -0.2) is 0 Å². The number of hydrogen-bond donors (Lipinski definition) is 0. The zero-order valence-corrected chi connectivity index (χ0v) is 27.3. The quantitative estimate of drug-likeness (QED) is 0.320. The van der Waals surface area contributed by atoms with Gasteiger partial charge in [0, 0.05) is 22.3 Å². The molecule has 2 aromatic rings. The Balaban J connectivity index is 1.21. The Labute approximate surface area is 266 Å². The molecule has 0 heteroatoms. The van der Waals surface area contributed by atoms with Gasteiger partial charge < -0.3 is 0 Å². The highest BCUT2D eigenvalue weighted by Crippen LogP contribution is 2.78. The van der Waals surface area contributed by atoms with E-state index in [-0.39, 0.29) is 0 Å². The SMILES string of the molecule is CC#Cc1ccc(C23CC4CC(C2)CC(C25CC6CC(CC(c7ccc(C#CC)c(C#CC)c7)(C6)C2)C5)(C4)C3)cc1C#CC. The molecule has 2 aromatic carbocycles. The molecule has 0 aromatic heterocycles. The van der Waals surface area contributed by atoms with Crippen LogP contribution in [0.15, 0.2) is 36.4 Å². The average molecular weight is 575 g/mol. The molecule has 8 bridgehead atoms. The lowest BCUT2D eigenvalue weighted by molar-refractivity contribution is -0.212. The van der Waals surface area contributed by atoms with Crippen molar-refractivity contribution in [3.8, 4) is 47.4 Å². The molecule has 8 saturated carbocycles. The molecular formula is C44H46. The van der Waals surface area contributed by atoms with Crippen LogP contribution in [0, 0.1) is 81.9 Å². The van der Waals surface area contributed by atoms with Gasteiger partial charge in [-0.1, -0.05) is 35.8 Å². The van der Waals surface area contributed by atoms with Crippen molar-refractivity contribution in [3.63, 3.8) is 0 Å². The van der Waals surface area contributed by atoms with Gasteiger partial charge in [0.1, 0.15) is 0 Å². The van der Waals surface area contributed by atoms with Crippen LogP contribution in [-0.2, 0) is 10.8 Å². The molecule has 44 heavy (non-hydrogen) atoms. The molecule has 4 atom stereocenters. The van der Waals surface area contributed by atoms with Crippen molar-refractivity contribution in [2.24, 2.45) is 34.5 Å². The lowest BCUT2D eigenvalue weighted by Crippen LogP contribution is -2.66. The Morgan fingerprint density at radius 3 is 1.14 bits per heavy atom. The second-order valence-corrected chi connectivity index (χ2v) is 16.1. The minimum atomic E-state index is 0.313. The van der Waals surface area contributed by atoms with Crippen LogP contribution < -0.4 is 0 Å². The van der Waals surface area contributed by atoms with Gasteiger partial charge >= 0.3 is 0 Å². The van der Waals surface area contributed by atoms with E-state index in [0.717, 1.165) is 45.9 Å². The first-order chi connectivity index (χ1) is 21.4. The average Bonchev–Trinajstić information content (AvgIpc) is 2.98. The van der Waals surface area contributed by atoms with E-state index in [1.807, 2.05) is 27.7 Å². The van der Waals surface area contributed by atoms with Gasteiger partial charge in [0.15, 0.2) is 0 Å². The molecule has 0 amide bonds. The summed E-state index contributed by atoms with van der Waals surface area (Å²) >= 11 is 0. The first-order valence-corrected chi connectivity index (χ1v) is 17.4. The minimum absolute atomic E-state index is 0.313. The maximum atomic E-state index is 3.43. The molecule has 8 aliphatic carbocycles. The van der Waals surface area contributed by atoms with Gasteiger partial charge in [0.25, 0.3) is 0 Å². The molecule has 8 aliphatic rings. The van der Waals surface area contributed by atoms with Gasteiger partial charge in [-0.3, -0.25) is 0 Å². The van der Waals surface area contributed by atoms with Crippen LogP contribution in [0.2, 0.25) is 0 Å². The van der Waals surface area contributed by atoms with Crippen LogP contribution in [0.1, 0.15) is 138 Å². The molecule has 10 rings (SSSR count). The van der Waals surface area contributed by atoms with Crippen molar-refractivity contribution >= 4 is 0 Å². The van der Waals surface area contributed by atoms with Crippen molar-refractivity contribution in [3.05, 3.63) is 69.8 Å². The van der Waals surface area contributed by atoms with Crippen LogP contribution in [0.3, 0.4) is 0 Å². The van der Waals surface area contributed by atoms with Crippen LogP contribution in [0.25, 0.3) is 0 Å². The van der Waals surface area contributed by atoms with E-state index in [1.165, 1.54) is 77.0 Å². The molecule has 8 fully saturated rings. The van der Waals surface area contributed by atoms with E-state index in [2.05, 4.69) is 83.8 Å². The van der Waals surface area contributed by atoms with Gasteiger partial charge in [-0.2, -0.15) is 0 Å². The molecule has 0 spiro atoms. The largest absolute Gasteiger partial charge is 0.101 e. The zero-order chi connectivity index (χ0) is 30.2. The van der Waals surface area contributed by atoms with E-state index in [1.54, 1.807) is 11.1 Å². The van der Waals surface area contributed by atoms with Crippen molar-refractivity contribution in [2.75, 3.05) is 0 Å². The summed E-state index contributed by atoms with van der Waals surface area (Å²) in [7, 11) is 0. The van der Waals surface area contributed by atoms with Gasteiger partial charge in [0.05, 0.1) is 0 Å². The Morgan fingerprint density at radius 1 is 0.455 bits per heavy atom. The summed E-state index contributed by atoms with van der Waals surface area (Å²) in [5.74, 6) is 29.7. The smallest absolute Gasteiger partial charge is 0.0404 e. The molecule has 0 N–H and O–H groups in total. The number of benzene rings is 2. The summed E-state index contributed by atoms with van der Waals surface area (Å²) in [6.45, 7) is 7.79. The third-order valence-corrected chi connectivity index (χ3v) is 13.5. The molecule has 4 unspecified atom stereocenters. The lowest BCUT2D eigenvalue weighted by Gasteiger charge is -2.74. The number of rotatable bonds is 3. The molecule has 0 nitrogen and oxygen atoms in total. The fourth-order valence-corrected chi connectivity index (χ4v) is 13.2. The summed E-state index contributed by atoms with van der Waals surface area (Å²) in [5, 5.41) is 0. The summed E-state index contributed by atoms with van der Waals surface area (Å²) in [4.78, 5) is 0. The van der Waals surface area contributed by atoms with Crippen molar-refractivity contribution in [1.29, 1.82) is 0 Å². The lowest BCUT2D eigenvalue weighted by atomic mass is 9.30. The van der Waals surface area contributed by atoms with E-state index < -0.39 is 0 Å². The normalized spacial score (nSPS) is 38.4. The van der Waals surface area contributed by atoms with Gasteiger partial charge in [-0.15, -0.1) is 23.7 Å². The van der Waals surface area contributed by atoms with Crippen molar-refractivity contribution in [2.45, 2.75) is 116 Å².